The van der Waals surface area contributed by atoms with E-state index < -0.39 is 11.7 Å². The Balaban J connectivity index is 3.11. The fraction of sp³-hybridized carbons (Fsp3) is 0. The Hall–Kier alpha value is -1.14. The van der Waals surface area contributed by atoms with Gasteiger partial charge in [0.2, 0.25) is 0 Å². The normalized spacial score (nSPS) is 9.75. The second-order valence-electron chi connectivity index (χ2n) is 1.87. The number of nitrogen functional groups attached to an aromatic ring is 1. The van der Waals surface area contributed by atoms with Crippen molar-refractivity contribution < 1.29 is 9.59 Å². The van der Waals surface area contributed by atoms with Gasteiger partial charge in [-0.3, -0.25) is 9.59 Å². The summed E-state index contributed by atoms with van der Waals surface area (Å²) < 4.78 is 0.0799. The van der Waals surface area contributed by atoms with Crippen LogP contribution in [0, 0.1) is 0 Å². The summed E-state index contributed by atoms with van der Waals surface area (Å²) in [6.45, 7) is 0. The summed E-state index contributed by atoms with van der Waals surface area (Å²) in [6.07, 6.45) is 0. The van der Waals surface area contributed by atoms with Gasteiger partial charge in [0.15, 0.2) is 5.13 Å². The van der Waals surface area contributed by atoms with Gasteiger partial charge in [-0.1, -0.05) is 22.9 Å². The van der Waals surface area contributed by atoms with Gasteiger partial charge in [-0.05, 0) is 0 Å². The lowest BCUT2D eigenvalue weighted by Gasteiger charge is -1.88. The topological polar surface area (TPSA) is 99.1 Å². The number of carbonyl (C=O) groups is 2. The van der Waals surface area contributed by atoms with Gasteiger partial charge in [0.05, 0.1) is 0 Å². The van der Waals surface area contributed by atoms with Crippen molar-refractivity contribution in [2.45, 2.75) is 0 Å². The molecule has 0 saturated heterocycles. The zero-order valence-corrected chi connectivity index (χ0v) is 7.28. The molecule has 5 nitrogen and oxygen atoms in total. The van der Waals surface area contributed by atoms with E-state index in [2.05, 4.69) is 4.98 Å². The Bertz CT molecular complexity index is 348. The summed E-state index contributed by atoms with van der Waals surface area (Å²) in [6, 6.07) is 0. The predicted octanol–water partition coefficient (Wildman–Crippen LogP) is 0.0467. The fourth-order valence-electron chi connectivity index (χ4n) is 0.574. The SMILES string of the molecule is NC(=O)C(=O)c1nc(N)sc1Cl. The van der Waals surface area contributed by atoms with Crippen molar-refractivity contribution in [3.63, 3.8) is 0 Å². The summed E-state index contributed by atoms with van der Waals surface area (Å²) in [7, 11) is 0. The van der Waals surface area contributed by atoms with Crippen LogP contribution < -0.4 is 11.5 Å². The van der Waals surface area contributed by atoms with Crippen LogP contribution in [-0.4, -0.2) is 16.7 Å². The van der Waals surface area contributed by atoms with Gasteiger partial charge < -0.3 is 11.5 Å². The Labute approximate surface area is 76.3 Å². The highest BCUT2D eigenvalue weighted by Crippen LogP contribution is 2.25. The molecule has 1 rings (SSSR count). The molecule has 1 aromatic rings. The average Bonchev–Trinajstić information content (AvgIpc) is 2.28. The molecule has 7 heteroatoms. The lowest BCUT2D eigenvalue weighted by atomic mass is 10.3. The third-order valence-corrected chi connectivity index (χ3v) is 2.12. The summed E-state index contributed by atoms with van der Waals surface area (Å²) in [5.74, 6) is -2.02. The van der Waals surface area contributed by atoms with E-state index in [9.17, 15) is 9.59 Å². The van der Waals surface area contributed by atoms with Gasteiger partial charge in [-0.25, -0.2) is 4.98 Å². The van der Waals surface area contributed by atoms with E-state index >= 15 is 0 Å². The molecule has 1 amide bonds. The number of hydrogen-bond donors (Lipinski definition) is 2. The number of ketones is 1. The zero-order chi connectivity index (χ0) is 9.30. The van der Waals surface area contributed by atoms with Crippen molar-refractivity contribution in [3.8, 4) is 0 Å². The summed E-state index contributed by atoms with van der Waals surface area (Å²) in [5, 5.41) is 0.129. The van der Waals surface area contributed by atoms with Crippen LogP contribution in [0.1, 0.15) is 10.5 Å². The smallest absolute Gasteiger partial charge is 0.291 e. The number of nitrogens with zero attached hydrogens (tertiary/aromatic N) is 1. The van der Waals surface area contributed by atoms with Gasteiger partial charge in [0.25, 0.3) is 11.7 Å². The standard InChI is InChI=1S/C5H4ClN3O2S/c6-3-1(2(10)4(7)11)9-5(8)12-3/h(H2,7,11)(H2,8,9). The number of thiazole rings is 1. The molecule has 0 unspecified atom stereocenters. The first-order chi connectivity index (χ1) is 5.52. The fourth-order valence-corrected chi connectivity index (χ4v) is 1.49. The van der Waals surface area contributed by atoms with E-state index in [-0.39, 0.29) is 15.2 Å². The van der Waals surface area contributed by atoms with Crippen LogP contribution in [0.4, 0.5) is 5.13 Å². The molecule has 1 aromatic heterocycles. The van der Waals surface area contributed by atoms with Crippen molar-refractivity contribution in [2.24, 2.45) is 5.73 Å². The molecule has 0 aliphatic carbocycles. The Morgan fingerprint density at radius 2 is 2.08 bits per heavy atom. The Kier molecular flexibility index (Phi) is 2.30. The molecule has 0 atom stereocenters. The van der Waals surface area contributed by atoms with Crippen LogP contribution in [-0.2, 0) is 4.79 Å². The monoisotopic (exact) mass is 205 g/mol. The third kappa shape index (κ3) is 1.54. The Morgan fingerprint density at radius 1 is 1.50 bits per heavy atom. The number of anilines is 1. The van der Waals surface area contributed by atoms with E-state index in [1.807, 2.05) is 0 Å². The van der Waals surface area contributed by atoms with Crippen LogP contribution >= 0.6 is 22.9 Å². The van der Waals surface area contributed by atoms with Gasteiger partial charge in [-0.15, -0.1) is 0 Å². The summed E-state index contributed by atoms with van der Waals surface area (Å²) >= 11 is 6.45. The van der Waals surface area contributed by atoms with Crippen molar-refractivity contribution in [2.75, 3.05) is 5.73 Å². The molecule has 0 fully saturated rings. The summed E-state index contributed by atoms with van der Waals surface area (Å²) in [4.78, 5) is 24.9. The van der Waals surface area contributed by atoms with E-state index in [1.54, 1.807) is 0 Å². The van der Waals surface area contributed by atoms with Gasteiger partial charge in [0, 0.05) is 0 Å². The number of nitrogens with two attached hydrogens (primary N) is 2. The van der Waals surface area contributed by atoms with Gasteiger partial charge in [-0.2, -0.15) is 0 Å². The highest BCUT2D eigenvalue weighted by atomic mass is 35.5. The molecule has 0 bridgehead atoms. The van der Waals surface area contributed by atoms with Gasteiger partial charge >= 0.3 is 0 Å². The highest BCUT2D eigenvalue weighted by molar-refractivity contribution is 7.19. The predicted molar refractivity (Wildman–Crippen MR) is 45.1 cm³/mol. The van der Waals surface area contributed by atoms with E-state index in [1.165, 1.54) is 0 Å². The van der Waals surface area contributed by atoms with Gasteiger partial charge in [0.1, 0.15) is 10.0 Å². The highest BCUT2D eigenvalue weighted by Gasteiger charge is 2.20. The molecule has 64 valence electrons. The average molecular weight is 206 g/mol. The number of aromatic nitrogens is 1. The molecule has 0 saturated carbocycles. The van der Waals surface area contributed by atoms with Crippen molar-refractivity contribution in [1.29, 1.82) is 0 Å². The van der Waals surface area contributed by atoms with Crippen LogP contribution in [0.25, 0.3) is 0 Å². The maximum atomic E-state index is 10.9. The second kappa shape index (κ2) is 3.08. The molecule has 12 heavy (non-hydrogen) atoms. The van der Waals surface area contributed by atoms with Crippen LogP contribution in [0.15, 0.2) is 0 Å². The lowest BCUT2D eigenvalue weighted by molar-refractivity contribution is -0.114. The number of rotatable bonds is 2. The minimum atomic E-state index is -1.10. The number of carbonyl (C=O) groups excluding carboxylic acids is 2. The largest absolute Gasteiger partial charge is 0.375 e. The van der Waals surface area contributed by atoms with Crippen molar-refractivity contribution in [3.05, 3.63) is 10.0 Å². The number of Topliss-reactive ketones (excluding diaryl/α,β-unsaturated/α-hetero) is 1. The maximum Gasteiger partial charge on any atom is 0.291 e. The molecule has 0 aliphatic rings. The molecular formula is C5H4ClN3O2S. The van der Waals surface area contributed by atoms with Crippen molar-refractivity contribution in [1.82, 2.24) is 4.98 Å². The Morgan fingerprint density at radius 3 is 2.42 bits per heavy atom. The molecule has 0 radical (unpaired) electrons. The third-order valence-electron chi connectivity index (χ3n) is 1.04. The maximum absolute atomic E-state index is 10.9. The number of amides is 1. The number of hydrogen-bond acceptors (Lipinski definition) is 5. The first kappa shape index (κ1) is 8.95. The van der Waals surface area contributed by atoms with E-state index in [4.69, 9.17) is 23.1 Å². The van der Waals surface area contributed by atoms with Crippen LogP contribution in [0.3, 0.4) is 0 Å². The molecule has 0 spiro atoms. The molecule has 0 aromatic carbocycles. The molecule has 4 N–H and O–H groups in total. The second-order valence-corrected chi connectivity index (χ2v) is 3.50. The van der Waals surface area contributed by atoms with E-state index in [0.29, 0.717) is 0 Å². The van der Waals surface area contributed by atoms with Crippen LogP contribution in [0.2, 0.25) is 4.34 Å². The molecule has 0 aliphatic heterocycles. The number of halogens is 1. The molecule has 1 heterocycles. The first-order valence-electron chi connectivity index (χ1n) is 2.78. The summed E-state index contributed by atoms with van der Waals surface area (Å²) in [5.41, 5.74) is 9.78. The first-order valence-corrected chi connectivity index (χ1v) is 3.97. The zero-order valence-electron chi connectivity index (χ0n) is 5.70. The minimum absolute atomic E-state index is 0.0799. The van der Waals surface area contributed by atoms with Crippen molar-refractivity contribution >= 4 is 39.8 Å². The lowest BCUT2D eigenvalue weighted by Crippen LogP contribution is -2.23. The molecular weight excluding hydrogens is 202 g/mol. The minimum Gasteiger partial charge on any atom is -0.375 e. The number of primary amides is 1. The van der Waals surface area contributed by atoms with Crippen LogP contribution in [0.5, 0.6) is 0 Å². The van der Waals surface area contributed by atoms with E-state index in [0.717, 1.165) is 11.3 Å². The quantitative estimate of drug-likeness (QED) is 0.526.